The van der Waals surface area contributed by atoms with Gasteiger partial charge in [0.15, 0.2) is 0 Å². The Labute approximate surface area is 207 Å². The van der Waals surface area contributed by atoms with Crippen LogP contribution in [0.15, 0.2) is 24.3 Å². The van der Waals surface area contributed by atoms with Crippen LogP contribution >= 0.6 is 0 Å². The first-order valence-electron chi connectivity index (χ1n) is 12.1. The summed E-state index contributed by atoms with van der Waals surface area (Å²) in [5, 5.41) is 12.8. The number of esters is 1. The highest BCUT2D eigenvalue weighted by molar-refractivity contribution is 5.82. The fourth-order valence-corrected chi connectivity index (χ4v) is 5.93. The van der Waals surface area contributed by atoms with Gasteiger partial charge >= 0.3 is 24.1 Å². The second-order valence-electron chi connectivity index (χ2n) is 9.77. The van der Waals surface area contributed by atoms with Gasteiger partial charge in [-0.3, -0.25) is 9.59 Å². The number of carbonyl (C=O) groups excluding carboxylic acids is 3. The summed E-state index contributed by atoms with van der Waals surface area (Å²) >= 11 is 0. The zero-order chi connectivity index (χ0) is 26.1. The van der Waals surface area contributed by atoms with E-state index in [-0.39, 0.29) is 43.8 Å². The van der Waals surface area contributed by atoms with Gasteiger partial charge in [-0.1, -0.05) is 24.3 Å². The minimum absolute atomic E-state index is 0.102. The predicted octanol–water partition coefficient (Wildman–Crippen LogP) is 3.22. The number of alkyl halides is 3. The number of hydrogen-bond acceptors (Lipinski definition) is 5. The van der Waals surface area contributed by atoms with Crippen molar-refractivity contribution in [2.24, 2.45) is 5.92 Å². The van der Waals surface area contributed by atoms with E-state index >= 15 is 0 Å². The Morgan fingerprint density at radius 1 is 1.06 bits per heavy atom. The minimum atomic E-state index is -4.93. The van der Waals surface area contributed by atoms with Gasteiger partial charge in [-0.15, -0.1) is 0 Å². The molecule has 0 spiro atoms. The number of piperidine rings is 1. The molecule has 4 rings (SSSR count). The van der Waals surface area contributed by atoms with E-state index in [4.69, 9.17) is 4.74 Å². The maximum atomic E-state index is 12.8. The molecular formula is C25H29F3N4O4. The monoisotopic (exact) mass is 506 g/mol. The summed E-state index contributed by atoms with van der Waals surface area (Å²) in [6, 6.07) is 9.50. The Kier molecular flexibility index (Phi) is 6.90. The normalized spacial score (nSPS) is 26.2. The first-order chi connectivity index (χ1) is 17.1. The molecule has 1 aromatic carbocycles. The molecule has 2 heterocycles. The Hall–Kier alpha value is -3.29. The molecular weight excluding hydrogens is 477 g/mol. The number of urea groups is 1. The second kappa shape index (κ2) is 9.64. The second-order valence-corrected chi connectivity index (χ2v) is 9.77. The van der Waals surface area contributed by atoms with Crippen molar-refractivity contribution in [3.63, 3.8) is 0 Å². The van der Waals surface area contributed by atoms with Crippen LogP contribution in [0.2, 0.25) is 0 Å². The number of hydrogen-bond donors (Lipinski definition) is 1. The number of amides is 3. The van der Waals surface area contributed by atoms with Crippen molar-refractivity contribution in [2.45, 2.75) is 55.7 Å². The van der Waals surface area contributed by atoms with E-state index in [1.807, 2.05) is 29.2 Å². The Balaban J connectivity index is 1.57. The molecule has 3 aliphatic rings. The molecule has 194 valence electrons. The number of methoxy groups -OCH3 is 1. The molecule has 2 saturated heterocycles. The highest BCUT2D eigenvalue weighted by Crippen LogP contribution is 2.46. The molecule has 0 bridgehead atoms. The van der Waals surface area contributed by atoms with Crippen LogP contribution in [0, 0.1) is 17.2 Å². The van der Waals surface area contributed by atoms with Crippen molar-refractivity contribution in [1.82, 2.24) is 15.1 Å². The highest BCUT2D eigenvalue weighted by Gasteiger charge is 2.48. The number of nitrogens with one attached hydrogen (secondary N) is 1. The topological polar surface area (TPSA) is 103 Å². The van der Waals surface area contributed by atoms with Crippen molar-refractivity contribution in [2.75, 3.05) is 33.3 Å². The van der Waals surface area contributed by atoms with Crippen molar-refractivity contribution in [3.05, 3.63) is 35.4 Å². The lowest BCUT2D eigenvalue weighted by Crippen LogP contribution is -2.50. The fraction of sp³-hybridized carbons (Fsp3) is 0.600. The van der Waals surface area contributed by atoms with Gasteiger partial charge in [0.25, 0.3) is 0 Å². The van der Waals surface area contributed by atoms with Gasteiger partial charge in [-0.05, 0) is 49.7 Å². The number of ether oxygens (including phenoxy) is 1. The molecule has 3 amide bonds. The number of nitriles is 1. The predicted molar refractivity (Wildman–Crippen MR) is 121 cm³/mol. The molecule has 8 nitrogen and oxygen atoms in total. The fourth-order valence-electron chi connectivity index (χ4n) is 5.93. The largest absolute Gasteiger partial charge is 0.471 e. The highest BCUT2D eigenvalue weighted by atomic mass is 19.4. The minimum Gasteiger partial charge on any atom is -0.469 e. The van der Waals surface area contributed by atoms with Gasteiger partial charge in [-0.25, -0.2) is 4.79 Å². The third-order valence-electron chi connectivity index (χ3n) is 8.06. The molecule has 2 aliphatic heterocycles. The van der Waals surface area contributed by atoms with E-state index in [1.54, 1.807) is 0 Å². The number of benzene rings is 1. The first-order valence-corrected chi connectivity index (χ1v) is 12.1. The van der Waals surface area contributed by atoms with Gasteiger partial charge in [0.2, 0.25) is 0 Å². The summed E-state index contributed by atoms with van der Waals surface area (Å²) < 4.78 is 43.4. The molecule has 1 N–H and O–H groups in total. The van der Waals surface area contributed by atoms with Crippen molar-refractivity contribution < 1.29 is 32.3 Å². The number of halogens is 3. The van der Waals surface area contributed by atoms with Gasteiger partial charge in [0, 0.05) is 26.2 Å². The summed E-state index contributed by atoms with van der Waals surface area (Å²) in [6.07, 6.45) is -2.42. The van der Waals surface area contributed by atoms with E-state index in [2.05, 4.69) is 11.4 Å². The van der Waals surface area contributed by atoms with E-state index in [0.29, 0.717) is 44.3 Å². The summed E-state index contributed by atoms with van der Waals surface area (Å²) in [6.45, 7) is 0.763. The smallest absolute Gasteiger partial charge is 0.469 e. The summed E-state index contributed by atoms with van der Waals surface area (Å²) in [4.78, 5) is 38.9. The molecule has 0 radical (unpaired) electrons. The lowest BCUT2D eigenvalue weighted by molar-refractivity contribution is -0.186. The quantitative estimate of drug-likeness (QED) is 0.632. The molecule has 0 aromatic heterocycles. The number of rotatable bonds is 4. The molecule has 1 aliphatic carbocycles. The third-order valence-corrected chi connectivity index (χ3v) is 8.06. The van der Waals surface area contributed by atoms with E-state index < -0.39 is 23.0 Å². The number of likely N-dealkylation sites (tertiary alicyclic amines) is 1. The molecule has 11 heteroatoms. The summed E-state index contributed by atoms with van der Waals surface area (Å²) in [5.74, 6) is -2.35. The maximum absolute atomic E-state index is 12.8. The Bertz CT molecular complexity index is 1050. The first kappa shape index (κ1) is 25.8. The van der Waals surface area contributed by atoms with Crippen LogP contribution in [-0.2, 0) is 25.3 Å². The molecule has 1 aromatic rings. The molecule has 0 atom stereocenters. The Morgan fingerprint density at radius 3 is 2.11 bits per heavy atom. The van der Waals surface area contributed by atoms with Crippen LogP contribution in [0.4, 0.5) is 18.0 Å². The van der Waals surface area contributed by atoms with Crippen LogP contribution in [0.5, 0.6) is 0 Å². The maximum Gasteiger partial charge on any atom is 0.471 e. The SMILES string of the molecule is COC(=O)C1CCC(c2ccc(C3(C#N)CCN(C(=O)C(F)(F)F)CC3)cc2)(N2CCNC2=O)CC1. The zero-order valence-corrected chi connectivity index (χ0v) is 20.1. The van der Waals surface area contributed by atoms with Crippen molar-refractivity contribution >= 4 is 17.9 Å². The lowest BCUT2D eigenvalue weighted by Gasteiger charge is -2.46. The standard InChI is InChI=1S/C25H29F3N4O4/c1-36-20(33)17-6-8-24(9-7-17,32-15-12-30-22(32)35)19-4-2-18(3-5-19)23(16-29)10-13-31(14-11-23)21(34)25(26,27)28/h2-5,17H,6-15H2,1H3,(H,30,35). The van der Waals surface area contributed by atoms with Crippen LogP contribution in [0.1, 0.15) is 49.7 Å². The molecule has 36 heavy (non-hydrogen) atoms. The van der Waals surface area contributed by atoms with Gasteiger partial charge < -0.3 is 19.9 Å². The summed E-state index contributed by atoms with van der Waals surface area (Å²) in [5.41, 5.74) is -0.0328. The van der Waals surface area contributed by atoms with E-state index in [1.165, 1.54) is 7.11 Å². The van der Waals surface area contributed by atoms with E-state index in [9.17, 15) is 32.8 Å². The summed E-state index contributed by atoms with van der Waals surface area (Å²) in [7, 11) is 1.37. The van der Waals surface area contributed by atoms with Crippen molar-refractivity contribution in [1.29, 1.82) is 5.26 Å². The van der Waals surface area contributed by atoms with Crippen molar-refractivity contribution in [3.8, 4) is 6.07 Å². The van der Waals surface area contributed by atoms with Crippen LogP contribution in [0.3, 0.4) is 0 Å². The van der Waals surface area contributed by atoms with Crippen LogP contribution < -0.4 is 5.32 Å². The molecule has 1 saturated carbocycles. The number of carbonyl (C=O) groups is 3. The molecule has 0 unspecified atom stereocenters. The Morgan fingerprint density at radius 2 is 1.64 bits per heavy atom. The lowest BCUT2D eigenvalue weighted by atomic mass is 9.70. The average Bonchev–Trinajstić information content (AvgIpc) is 3.33. The van der Waals surface area contributed by atoms with Crippen LogP contribution in [-0.4, -0.2) is 67.2 Å². The number of nitrogens with zero attached hydrogens (tertiary/aromatic N) is 3. The van der Waals surface area contributed by atoms with Crippen LogP contribution in [0.25, 0.3) is 0 Å². The zero-order valence-electron chi connectivity index (χ0n) is 20.1. The van der Waals surface area contributed by atoms with E-state index in [0.717, 1.165) is 10.5 Å². The molecule has 3 fully saturated rings. The third kappa shape index (κ3) is 4.49. The van der Waals surface area contributed by atoms with Gasteiger partial charge in [0.05, 0.1) is 30.1 Å². The average molecular weight is 507 g/mol. The van der Waals surface area contributed by atoms with Gasteiger partial charge in [0.1, 0.15) is 0 Å². The van der Waals surface area contributed by atoms with Gasteiger partial charge in [-0.2, -0.15) is 18.4 Å².